The van der Waals surface area contributed by atoms with E-state index in [9.17, 15) is 33.0 Å². The van der Waals surface area contributed by atoms with Crippen LogP contribution in [0.3, 0.4) is 0 Å². The minimum Gasteiger partial charge on any atom is -0.481 e. The fraction of sp³-hybridized carbons (Fsp3) is 0.750. The van der Waals surface area contributed by atoms with Crippen LogP contribution in [0, 0.1) is 5.92 Å². The molecule has 0 spiro atoms. The van der Waals surface area contributed by atoms with Crippen LogP contribution >= 0.6 is 0 Å². The molecule has 1 heterocycles. The molecule has 1 rings (SSSR count). The van der Waals surface area contributed by atoms with Gasteiger partial charge in [-0.1, -0.05) is 0 Å². The lowest BCUT2D eigenvalue weighted by Gasteiger charge is -2.37. The number of hydrogen-bond donors (Lipinski definition) is 4. The van der Waals surface area contributed by atoms with Crippen LogP contribution in [-0.2, 0) is 9.59 Å². The van der Waals surface area contributed by atoms with Gasteiger partial charge in [0.2, 0.25) is 0 Å². The maximum atomic E-state index is 12.0. The molecule has 1 amide bonds. The highest BCUT2D eigenvalue weighted by Gasteiger charge is 2.43. The molecule has 18 heavy (non-hydrogen) atoms. The Hall–Kier alpha value is -1.39. The van der Waals surface area contributed by atoms with E-state index in [1.165, 1.54) is 5.43 Å². The summed E-state index contributed by atoms with van der Waals surface area (Å²) in [6.45, 7) is -1.03. The van der Waals surface area contributed by atoms with Crippen molar-refractivity contribution in [2.75, 3.05) is 13.1 Å². The molecule has 3 unspecified atom stereocenters. The number of alkyl halides is 3. The molecule has 0 aromatic carbocycles. The van der Waals surface area contributed by atoms with E-state index in [1.54, 1.807) is 0 Å². The molecule has 4 N–H and O–H groups in total. The monoisotopic (exact) mass is 272 g/mol. The first-order valence-electron chi connectivity index (χ1n) is 4.84. The first-order valence-corrected chi connectivity index (χ1v) is 4.84. The summed E-state index contributed by atoms with van der Waals surface area (Å²) in [5, 5.41) is 27.9. The van der Waals surface area contributed by atoms with Crippen molar-refractivity contribution < 1.29 is 38.1 Å². The Balaban J connectivity index is 2.69. The SMILES string of the molecule is O=C(O)C1CN(NC(=O)C(F)(F)F)CC(O)C1O. The molecule has 10 heteroatoms. The van der Waals surface area contributed by atoms with Crippen LogP contribution in [0.25, 0.3) is 0 Å². The molecule has 1 saturated heterocycles. The quantitative estimate of drug-likeness (QED) is 0.478. The number of aliphatic hydroxyl groups is 2. The maximum absolute atomic E-state index is 12.0. The third-order valence-corrected chi connectivity index (χ3v) is 2.47. The largest absolute Gasteiger partial charge is 0.481 e. The Morgan fingerprint density at radius 1 is 1.22 bits per heavy atom. The van der Waals surface area contributed by atoms with E-state index in [0.717, 1.165) is 0 Å². The number of carboxylic acids is 1. The topological polar surface area (TPSA) is 110 Å². The van der Waals surface area contributed by atoms with Crippen LogP contribution in [-0.4, -0.2) is 63.7 Å². The van der Waals surface area contributed by atoms with Gasteiger partial charge >= 0.3 is 18.1 Å². The van der Waals surface area contributed by atoms with Gasteiger partial charge in [0.25, 0.3) is 0 Å². The number of halogens is 3. The number of piperidine rings is 1. The summed E-state index contributed by atoms with van der Waals surface area (Å²) in [4.78, 5) is 21.3. The molecule has 3 atom stereocenters. The smallest absolute Gasteiger partial charge is 0.472 e. The molecule has 1 aliphatic heterocycles. The van der Waals surface area contributed by atoms with Crippen molar-refractivity contribution in [2.24, 2.45) is 5.92 Å². The second kappa shape index (κ2) is 5.08. The van der Waals surface area contributed by atoms with Crippen molar-refractivity contribution in [3.63, 3.8) is 0 Å². The van der Waals surface area contributed by atoms with Gasteiger partial charge in [0.05, 0.1) is 18.1 Å². The normalized spacial score (nSPS) is 29.9. The minimum absolute atomic E-state index is 0.493. The summed E-state index contributed by atoms with van der Waals surface area (Å²) < 4.78 is 35.9. The molecule has 0 radical (unpaired) electrons. The van der Waals surface area contributed by atoms with Crippen LogP contribution in [0.1, 0.15) is 0 Å². The third-order valence-electron chi connectivity index (χ3n) is 2.47. The summed E-state index contributed by atoms with van der Waals surface area (Å²) in [5.74, 6) is -5.23. The molecular formula is C8H11F3N2O5. The number of amides is 1. The van der Waals surface area contributed by atoms with Gasteiger partial charge in [0.15, 0.2) is 0 Å². The van der Waals surface area contributed by atoms with Crippen molar-refractivity contribution in [3.8, 4) is 0 Å². The number of hydrazine groups is 1. The number of nitrogens with zero attached hydrogens (tertiary/aromatic N) is 1. The molecule has 0 saturated carbocycles. The fourth-order valence-corrected chi connectivity index (χ4v) is 1.54. The number of carboxylic acid groups (broad SMARTS) is 1. The Morgan fingerprint density at radius 2 is 1.78 bits per heavy atom. The Morgan fingerprint density at radius 3 is 2.22 bits per heavy atom. The average molecular weight is 272 g/mol. The van der Waals surface area contributed by atoms with Gasteiger partial charge in [-0.05, 0) is 0 Å². The minimum atomic E-state index is -5.11. The number of hydrogen-bond acceptors (Lipinski definition) is 5. The summed E-state index contributed by atoms with van der Waals surface area (Å²) >= 11 is 0. The molecule has 7 nitrogen and oxygen atoms in total. The van der Waals surface area contributed by atoms with E-state index in [0.29, 0.717) is 5.01 Å². The number of carbonyl (C=O) groups is 2. The molecule has 0 aromatic rings. The van der Waals surface area contributed by atoms with Crippen molar-refractivity contribution in [1.82, 2.24) is 10.4 Å². The molecule has 1 aliphatic rings. The van der Waals surface area contributed by atoms with Gasteiger partial charge < -0.3 is 15.3 Å². The lowest BCUT2D eigenvalue weighted by molar-refractivity contribution is -0.184. The summed E-state index contributed by atoms with van der Waals surface area (Å²) in [6, 6.07) is 0. The van der Waals surface area contributed by atoms with E-state index < -0.39 is 49.3 Å². The number of aliphatic hydroxyl groups excluding tert-OH is 2. The maximum Gasteiger partial charge on any atom is 0.472 e. The molecule has 0 aromatic heterocycles. The van der Waals surface area contributed by atoms with Gasteiger partial charge in [-0.15, -0.1) is 0 Å². The van der Waals surface area contributed by atoms with Gasteiger partial charge in [-0.3, -0.25) is 15.0 Å². The number of nitrogens with one attached hydrogen (secondary N) is 1. The summed E-state index contributed by atoms with van der Waals surface area (Å²) in [6.07, 6.45) is -8.27. The number of aliphatic carboxylic acids is 1. The lowest BCUT2D eigenvalue weighted by atomic mass is 9.94. The van der Waals surface area contributed by atoms with Gasteiger partial charge in [-0.25, -0.2) is 5.01 Å². The Labute approximate surface area is 98.8 Å². The number of carbonyl (C=O) groups excluding carboxylic acids is 1. The highest BCUT2D eigenvalue weighted by Crippen LogP contribution is 2.19. The van der Waals surface area contributed by atoms with Crippen LogP contribution < -0.4 is 5.43 Å². The van der Waals surface area contributed by atoms with Crippen molar-refractivity contribution in [1.29, 1.82) is 0 Å². The van der Waals surface area contributed by atoms with Crippen LogP contribution in [0.4, 0.5) is 13.2 Å². The molecule has 1 fully saturated rings. The van der Waals surface area contributed by atoms with Gasteiger partial charge in [-0.2, -0.15) is 13.2 Å². The molecular weight excluding hydrogens is 261 g/mol. The second-order valence-corrected chi connectivity index (χ2v) is 3.85. The zero-order valence-electron chi connectivity index (χ0n) is 8.89. The standard InChI is InChI=1S/C8H11F3N2O5/c9-8(10,11)7(18)12-13-1-3(6(16)17)5(15)4(14)2-13/h3-5,14-15H,1-2H2,(H,12,18)(H,16,17). The summed E-state index contributed by atoms with van der Waals surface area (Å²) in [7, 11) is 0. The summed E-state index contributed by atoms with van der Waals surface area (Å²) in [5.41, 5.74) is 1.43. The Bertz CT molecular complexity index is 348. The second-order valence-electron chi connectivity index (χ2n) is 3.85. The first kappa shape index (κ1) is 14.7. The fourth-order valence-electron chi connectivity index (χ4n) is 1.54. The average Bonchev–Trinajstić information content (AvgIpc) is 2.21. The van der Waals surface area contributed by atoms with E-state index in [4.69, 9.17) is 5.11 Å². The van der Waals surface area contributed by atoms with Crippen LogP contribution in [0.5, 0.6) is 0 Å². The van der Waals surface area contributed by atoms with Crippen LogP contribution in [0.15, 0.2) is 0 Å². The van der Waals surface area contributed by atoms with E-state index in [1.807, 2.05) is 0 Å². The molecule has 104 valence electrons. The predicted molar refractivity (Wildman–Crippen MR) is 48.9 cm³/mol. The van der Waals surface area contributed by atoms with E-state index >= 15 is 0 Å². The predicted octanol–water partition coefficient (Wildman–Crippen LogP) is -1.68. The Kier molecular flexibility index (Phi) is 4.14. The zero-order valence-corrected chi connectivity index (χ0v) is 8.89. The van der Waals surface area contributed by atoms with Gasteiger partial charge in [0.1, 0.15) is 0 Å². The van der Waals surface area contributed by atoms with E-state index in [2.05, 4.69) is 0 Å². The van der Waals surface area contributed by atoms with Crippen LogP contribution in [0.2, 0.25) is 0 Å². The first-order chi connectivity index (χ1) is 8.12. The number of rotatable bonds is 2. The van der Waals surface area contributed by atoms with Crippen molar-refractivity contribution >= 4 is 11.9 Å². The van der Waals surface area contributed by atoms with Crippen molar-refractivity contribution in [2.45, 2.75) is 18.4 Å². The molecule has 0 aliphatic carbocycles. The lowest BCUT2D eigenvalue weighted by Crippen LogP contribution is -2.61. The van der Waals surface area contributed by atoms with Gasteiger partial charge in [0, 0.05) is 13.1 Å². The third kappa shape index (κ3) is 3.31. The van der Waals surface area contributed by atoms with Crippen molar-refractivity contribution in [3.05, 3.63) is 0 Å². The highest BCUT2D eigenvalue weighted by molar-refractivity contribution is 5.81. The number of β-amino-alcohol motifs (C(OH)–C–C–N with tert-alkyl or cyclic N) is 1. The highest BCUT2D eigenvalue weighted by atomic mass is 19.4. The zero-order chi connectivity index (χ0) is 14.1. The molecule has 0 bridgehead atoms. The van der Waals surface area contributed by atoms with E-state index in [-0.39, 0.29) is 0 Å².